The highest BCUT2D eigenvalue weighted by Crippen LogP contribution is 2.31. The van der Waals surface area contributed by atoms with Gasteiger partial charge in [-0.3, -0.25) is 9.59 Å². The van der Waals surface area contributed by atoms with Crippen LogP contribution in [0, 0.1) is 12.7 Å². The number of aryl methyl sites for hydroxylation is 1. The van der Waals surface area contributed by atoms with Crippen LogP contribution in [0.15, 0.2) is 42.7 Å². The average Bonchev–Trinajstić information content (AvgIpc) is 3.20. The predicted molar refractivity (Wildman–Crippen MR) is 124 cm³/mol. The van der Waals surface area contributed by atoms with Crippen LogP contribution in [-0.2, 0) is 11.2 Å². The van der Waals surface area contributed by atoms with E-state index in [1.54, 1.807) is 24.3 Å². The van der Waals surface area contributed by atoms with Crippen LogP contribution in [-0.4, -0.2) is 43.7 Å². The molecule has 34 heavy (non-hydrogen) atoms. The van der Waals surface area contributed by atoms with Crippen molar-refractivity contribution >= 4 is 22.7 Å². The van der Waals surface area contributed by atoms with Crippen molar-refractivity contribution in [2.45, 2.75) is 26.4 Å². The molecule has 0 radical (unpaired) electrons. The third-order valence-corrected chi connectivity index (χ3v) is 5.40. The molecule has 2 amide bonds. The lowest BCUT2D eigenvalue weighted by Crippen LogP contribution is -2.19. The van der Waals surface area contributed by atoms with Crippen LogP contribution in [0.5, 0.6) is 0 Å². The Hall–Kier alpha value is -4.18. The Bertz CT molecular complexity index is 1410. The SMILES string of the molecule is CNC(=O)c1cc(CC(N)=O)c2c(C(C)O)nn(-c3ncc(-c4cc(C)ccc4F)cn3)c2c1. The summed E-state index contributed by atoms with van der Waals surface area (Å²) < 4.78 is 15.7. The number of carbonyl (C=O) groups excluding carboxylic acids is 2. The van der Waals surface area contributed by atoms with E-state index in [1.165, 1.54) is 37.1 Å². The van der Waals surface area contributed by atoms with Gasteiger partial charge < -0.3 is 16.2 Å². The molecule has 4 aromatic rings. The normalized spacial score (nSPS) is 12.0. The molecular weight excluding hydrogens is 439 g/mol. The molecule has 0 aliphatic carbocycles. The zero-order valence-corrected chi connectivity index (χ0v) is 18.8. The lowest BCUT2D eigenvalue weighted by molar-refractivity contribution is -0.117. The summed E-state index contributed by atoms with van der Waals surface area (Å²) in [5.41, 5.74) is 8.61. The number of fused-ring (bicyclic) bond motifs is 1. The van der Waals surface area contributed by atoms with E-state index in [9.17, 15) is 19.1 Å². The summed E-state index contributed by atoms with van der Waals surface area (Å²) in [4.78, 5) is 32.8. The van der Waals surface area contributed by atoms with Crippen LogP contribution in [0.1, 0.15) is 40.2 Å². The highest BCUT2D eigenvalue weighted by Gasteiger charge is 2.23. The number of aliphatic hydroxyl groups is 1. The molecule has 1 unspecified atom stereocenters. The lowest BCUT2D eigenvalue weighted by atomic mass is 9.99. The predicted octanol–water partition coefficient (Wildman–Crippen LogP) is 2.37. The molecule has 0 saturated carbocycles. The Balaban J connectivity index is 1.92. The number of benzene rings is 2. The van der Waals surface area contributed by atoms with Crippen LogP contribution in [0.2, 0.25) is 0 Å². The smallest absolute Gasteiger partial charge is 0.251 e. The number of hydrogen-bond donors (Lipinski definition) is 3. The number of hydrogen-bond acceptors (Lipinski definition) is 6. The minimum absolute atomic E-state index is 0.146. The first-order chi connectivity index (χ1) is 16.2. The van der Waals surface area contributed by atoms with Gasteiger partial charge in [-0.15, -0.1) is 0 Å². The van der Waals surface area contributed by atoms with Gasteiger partial charge in [-0.25, -0.2) is 14.4 Å². The summed E-state index contributed by atoms with van der Waals surface area (Å²) >= 11 is 0. The molecule has 4 N–H and O–H groups in total. The highest BCUT2D eigenvalue weighted by atomic mass is 19.1. The lowest BCUT2D eigenvalue weighted by Gasteiger charge is -2.09. The topological polar surface area (TPSA) is 136 Å². The zero-order valence-electron chi connectivity index (χ0n) is 18.8. The molecular formula is C24H23FN6O3. The van der Waals surface area contributed by atoms with Gasteiger partial charge in [0.05, 0.1) is 23.7 Å². The number of rotatable bonds is 6. The van der Waals surface area contributed by atoms with Crippen molar-refractivity contribution < 1.29 is 19.1 Å². The average molecular weight is 462 g/mol. The second kappa shape index (κ2) is 8.99. The standard InChI is InChI=1S/C24H23FN6O3/c1-12-4-5-18(25)17(6-12)16-10-28-24(29-11-16)31-19-8-15(23(34)27-3)7-14(9-20(26)33)21(19)22(30-31)13(2)32/h4-8,10-11,13,32H,9H2,1-3H3,(H2,26,33)(H,27,34). The summed E-state index contributed by atoms with van der Waals surface area (Å²) in [6.45, 7) is 3.40. The van der Waals surface area contributed by atoms with Gasteiger partial charge >= 0.3 is 0 Å². The van der Waals surface area contributed by atoms with Crippen LogP contribution in [0.25, 0.3) is 28.0 Å². The first-order valence-electron chi connectivity index (χ1n) is 10.5. The van der Waals surface area contributed by atoms with E-state index < -0.39 is 17.8 Å². The largest absolute Gasteiger partial charge is 0.387 e. The van der Waals surface area contributed by atoms with Crippen molar-refractivity contribution in [3.05, 3.63) is 70.9 Å². The molecule has 4 rings (SSSR count). The number of carbonyl (C=O) groups is 2. The van der Waals surface area contributed by atoms with Gasteiger partial charge in [0.1, 0.15) is 5.82 Å². The molecule has 2 heterocycles. The second-order valence-corrected chi connectivity index (χ2v) is 7.98. The van der Waals surface area contributed by atoms with E-state index in [0.29, 0.717) is 27.6 Å². The number of nitrogens with zero attached hydrogens (tertiary/aromatic N) is 4. The quantitative estimate of drug-likeness (QED) is 0.402. The Morgan fingerprint density at radius 2 is 1.91 bits per heavy atom. The number of aliphatic hydroxyl groups excluding tert-OH is 1. The van der Waals surface area contributed by atoms with E-state index in [-0.39, 0.29) is 29.5 Å². The van der Waals surface area contributed by atoms with Gasteiger partial charge in [-0.1, -0.05) is 11.6 Å². The van der Waals surface area contributed by atoms with Crippen molar-refractivity contribution in [1.82, 2.24) is 25.1 Å². The first-order valence-corrected chi connectivity index (χ1v) is 10.5. The van der Waals surface area contributed by atoms with E-state index in [1.807, 2.05) is 6.92 Å². The molecule has 2 aromatic carbocycles. The maximum absolute atomic E-state index is 14.3. The van der Waals surface area contributed by atoms with Crippen molar-refractivity contribution in [3.63, 3.8) is 0 Å². The number of amides is 2. The summed E-state index contributed by atoms with van der Waals surface area (Å²) in [5, 5.41) is 17.9. The molecule has 0 bridgehead atoms. The van der Waals surface area contributed by atoms with Gasteiger partial charge in [0.15, 0.2) is 0 Å². The van der Waals surface area contributed by atoms with Crippen molar-refractivity contribution in [2.75, 3.05) is 7.05 Å². The molecule has 9 nitrogen and oxygen atoms in total. The summed E-state index contributed by atoms with van der Waals surface area (Å²) in [6.07, 6.45) is 1.81. The van der Waals surface area contributed by atoms with Gasteiger partial charge in [0.2, 0.25) is 5.91 Å². The van der Waals surface area contributed by atoms with E-state index in [0.717, 1.165) is 5.56 Å². The minimum atomic E-state index is -0.984. The summed E-state index contributed by atoms with van der Waals surface area (Å²) in [7, 11) is 1.49. The minimum Gasteiger partial charge on any atom is -0.387 e. The zero-order chi connectivity index (χ0) is 24.6. The summed E-state index contributed by atoms with van der Waals surface area (Å²) in [6, 6.07) is 7.89. The Labute approximate surface area is 194 Å². The van der Waals surface area contributed by atoms with E-state index >= 15 is 0 Å². The monoisotopic (exact) mass is 462 g/mol. The Kier molecular flexibility index (Phi) is 6.08. The molecule has 2 aromatic heterocycles. The van der Waals surface area contributed by atoms with Crippen molar-refractivity contribution in [3.8, 4) is 17.1 Å². The summed E-state index contributed by atoms with van der Waals surface area (Å²) in [5.74, 6) is -1.22. The third kappa shape index (κ3) is 4.23. The van der Waals surface area contributed by atoms with Crippen LogP contribution < -0.4 is 11.1 Å². The van der Waals surface area contributed by atoms with Gasteiger partial charge in [-0.05, 0) is 43.7 Å². The van der Waals surface area contributed by atoms with Crippen LogP contribution >= 0.6 is 0 Å². The molecule has 174 valence electrons. The molecule has 1 atom stereocenters. The number of primary amides is 1. The molecule has 0 aliphatic heterocycles. The number of nitrogens with two attached hydrogens (primary N) is 1. The number of aromatic nitrogens is 4. The fraction of sp³-hybridized carbons (Fsp3) is 0.208. The van der Waals surface area contributed by atoms with Crippen LogP contribution in [0.3, 0.4) is 0 Å². The van der Waals surface area contributed by atoms with E-state index in [2.05, 4.69) is 20.4 Å². The molecule has 0 aliphatic rings. The second-order valence-electron chi connectivity index (χ2n) is 7.98. The maximum Gasteiger partial charge on any atom is 0.251 e. The fourth-order valence-corrected chi connectivity index (χ4v) is 3.84. The third-order valence-electron chi connectivity index (χ3n) is 5.40. The van der Waals surface area contributed by atoms with Crippen molar-refractivity contribution in [2.24, 2.45) is 5.73 Å². The Morgan fingerprint density at radius 1 is 1.21 bits per heavy atom. The van der Waals surface area contributed by atoms with Crippen LogP contribution in [0.4, 0.5) is 4.39 Å². The molecule has 0 saturated heterocycles. The number of halogens is 1. The maximum atomic E-state index is 14.3. The first kappa shape index (κ1) is 23.0. The van der Waals surface area contributed by atoms with Gasteiger partial charge in [-0.2, -0.15) is 9.78 Å². The highest BCUT2D eigenvalue weighted by molar-refractivity contribution is 6.00. The molecule has 10 heteroatoms. The molecule has 0 spiro atoms. The van der Waals surface area contributed by atoms with Crippen molar-refractivity contribution in [1.29, 1.82) is 0 Å². The fourth-order valence-electron chi connectivity index (χ4n) is 3.84. The van der Waals surface area contributed by atoms with Gasteiger partial charge in [0.25, 0.3) is 11.9 Å². The molecule has 0 fully saturated rings. The van der Waals surface area contributed by atoms with E-state index in [4.69, 9.17) is 5.73 Å². The number of nitrogens with one attached hydrogen (secondary N) is 1. The van der Waals surface area contributed by atoms with Gasteiger partial charge in [0, 0.05) is 41.5 Å². The Morgan fingerprint density at radius 3 is 2.53 bits per heavy atom.